The van der Waals surface area contributed by atoms with Crippen LogP contribution in [0.4, 0.5) is 4.79 Å². The highest BCUT2D eigenvalue weighted by molar-refractivity contribution is 7.17. The highest BCUT2D eigenvalue weighted by atomic mass is 32.1. The van der Waals surface area contributed by atoms with Crippen LogP contribution in [0, 0.1) is 0 Å². The van der Waals surface area contributed by atoms with Crippen LogP contribution in [-0.2, 0) is 25.5 Å². The Balaban J connectivity index is 2.06. The third kappa shape index (κ3) is 8.16. The Morgan fingerprint density at radius 1 is 1.06 bits per heavy atom. The second-order valence-electron chi connectivity index (χ2n) is 8.46. The van der Waals surface area contributed by atoms with Crippen LogP contribution in [0.15, 0.2) is 29.6 Å². The third-order valence-electron chi connectivity index (χ3n) is 5.58. The summed E-state index contributed by atoms with van der Waals surface area (Å²) in [5, 5.41) is 12.8. The molecule has 0 saturated heterocycles. The number of rotatable bonds is 14. The number of ether oxygens (including phenoxy) is 2. The van der Waals surface area contributed by atoms with Crippen LogP contribution in [0.25, 0.3) is 10.1 Å². The van der Waals surface area contributed by atoms with Crippen molar-refractivity contribution in [3.63, 3.8) is 0 Å². The third-order valence-corrected chi connectivity index (χ3v) is 6.59. The Bertz CT molecular complexity index is 1010. The standard InChI is InChI=1S/C25H39N5O5S/c1-7-26-24(33)29-30(6)15-22(31)27-17(4)23(32)28-18(5)25(34-8-2,35-9-3)14-19-16-36-21-13-11-10-12-20(19)21/h10-13,16-18H,7-9,14-15H2,1-6H3,(H,27,31)(H,28,32)(H2,26,29,33)/t17-,18-/m0/s1. The van der Waals surface area contributed by atoms with Gasteiger partial charge in [0, 0.05) is 37.9 Å². The fourth-order valence-electron chi connectivity index (χ4n) is 3.90. The van der Waals surface area contributed by atoms with Gasteiger partial charge in [-0.2, -0.15) is 0 Å². The highest BCUT2D eigenvalue weighted by Crippen LogP contribution is 2.32. The molecule has 1 aromatic heterocycles. The molecule has 4 amide bonds. The lowest BCUT2D eigenvalue weighted by Gasteiger charge is -2.39. The number of fused-ring (bicyclic) bond motifs is 1. The molecule has 36 heavy (non-hydrogen) atoms. The Morgan fingerprint density at radius 3 is 2.36 bits per heavy atom. The molecule has 0 bridgehead atoms. The maximum Gasteiger partial charge on any atom is 0.329 e. The van der Waals surface area contributed by atoms with E-state index in [1.807, 2.05) is 32.9 Å². The first-order valence-electron chi connectivity index (χ1n) is 12.2. The summed E-state index contributed by atoms with van der Waals surface area (Å²) in [5.74, 6) is -1.85. The number of hydrazine groups is 1. The smallest absolute Gasteiger partial charge is 0.329 e. The predicted molar refractivity (Wildman–Crippen MR) is 142 cm³/mol. The summed E-state index contributed by atoms with van der Waals surface area (Å²) < 4.78 is 13.5. The molecule has 0 aliphatic rings. The zero-order valence-corrected chi connectivity index (χ0v) is 22.8. The second kappa shape index (κ2) is 14.1. The van der Waals surface area contributed by atoms with Crippen molar-refractivity contribution in [3.05, 3.63) is 35.2 Å². The summed E-state index contributed by atoms with van der Waals surface area (Å²) >= 11 is 1.66. The summed E-state index contributed by atoms with van der Waals surface area (Å²) in [7, 11) is 1.56. The van der Waals surface area contributed by atoms with Crippen LogP contribution in [0.2, 0.25) is 0 Å². The van der Waals surface area contributed by atoms with Crippen molar-refractivity contribution < 1.29 is 23.9 Å². The number of amides is 4. The monoisotopic (exact) mass is 521 g/mol. The lowest BCUT2D eigenvalue weighted by atomic mass is 9.97. The van der Waals surface area contributed by atoms with Gasteiger partial charge in [0.15, 0.2) is 5.79 Å². The number of carbonyl (C=O) groups is 3. The SMILES string of the molecule is CCNC(=O)NN(C)CC(=O)N[C@@H](C)C(=O)N[C@@H](C)C(Cc1csc2ccccc12)(OCC)OCC. The molecule has 0 unspecified atom stereocenters. The minimum atomic E-state index is -1.08. The van der Waals surface area contributed by atoms with Crippen molar-refractivity contribution in [2.75, 3.05) is 33.4 Å². The minimum Gasteiger partial charge on any atom is -0.348 e. The van der Waals surface area contributed by atoms with Gasteiger partial charge in [0.25, 0.3) is 0 Å². The van der Waals surface area contributed by atoms with E-state index in [-0.39, 0.29) is 12.5 Å². The van der Waals surface area contributed by atoms with Crippen LogP contribution in [0.3, 0.4) is 0 Å². The number of urea groups is 1. The first kappa shape index (κ1) is 29.5. The van der Waals surface area contributed by atoms with Crippen LogP contribution < -0.4 is 21.4 Å². The average molecular weight is 522 g/mol. The van der Waals surface area contributed by atoms with Gasteiger partial charge in [-0.05, 0) is 57.0 Å². The molecule has 200 valence electrons. The number of likely N-dealkylation sites (N-methyl/N-ethyl adjacent to an activating group) is 1. The lowest BCUT2D eigenvalue weighted by Crippen LogP contribution is -2.59. The van der Waals surface area contributed by atoms with E-state index in [4.69, 9.17) is 9.47 Å². The lowest BCUT2D eigenvalue weighted by molar-refractivity contribution is -0.246. The maximum absolute atomic E-state index is 13.0. The first-order chi connectivity index (χ1) is 17.2. The normalized spacial score (nSPS) is 13.3. The summed E-state index contributed by atoms with van der Waals surface area (Å²) in [6.07, 6.45) is 0.456. The molecule has 10 nitrogen and oxygen atoms in total. The van der Waals surface area contributed by atoms with Crippen molar-refractivity contribution in [2.45, 2.75) is 58.9 Å². The number of nitrogens with one attached hydrogen (secondary N) is 4. The molecule has 2 atom stereocenters. The van der Waals surface area contributed by atoms with E-state index in [0.29, 0.717) is 26.2 Å². The molecule has 0 radical (unpaired) electrons. The van der Waals surface area contributed by atoms with Crippen LogP contribution in [-0.4, -0.2) is 74.1 Å². The molecular formula is C25H39N5O5S. The van der Waals surface area contributed by atoms with E-state index in [9.17, 15) is 14.4 Å². The van der Waals surface area contributed by atoms with Crippen LogP contribution in [0.1, 0.15) is 40.2 Å². The number of hydrogen-bond donors (Lipinski definition) is 4. The van der Waals surface area contributed by atoms with Gasteiger partial charge in [0.1, 0.15) is 6.04 Å². The molecule has 0 spiro atoms. The Morgan fingerprint density at radius 2 is 1.72 bits per heavy atom. The van der Waals surface area contributed by atoms with Crippen LogP contribution >= 0.6 is 11.3 Å². The molecule has 1 heterocycles. The van der Waals surface area contributed by atoms with Gasteiger partial charge in [-0.25, -0.2) is 9.80 Å². The van der Waals surface area contributed by atoms with Gasteiger partial charge in [0.05, 0.1) is 12.6 Å². The quantitative estimate of drug-likeness (QED) is 0.224. The number of thiophene rings is 1. The molecule has 0 aliphatic heterocycles. The molecule has 0 fully saturated rings. The molecule has 11 heteroatoms. The van der Waals surface area contributed by atoms with Crippen molar-refractivity contribution in [2.24, 2.45) is 0 Å². The first-order valence-corrected chi connectivity index (χ1v) is 13.1. The topological polar surface area (TPSA) is 121 Å². The molecule has 4 N–H and O–H groups in total. The molecule has 0 aliphatic carbocycles. The van der Waals surface area contributed by atoms with Gasteiger partial charge in [-0.3, -0.25) is 15.0 Å². The van der Waals surface area contributed by atoms with E-state index in [1.165, 1.54) is 9.71 Å². The van der Waals surface area contributed by atoms with Crippen molar-refractivity contribution in [1.82, 2.24) is 26.4 Å². The predicted octanol–water partition coefficient (Wildman–Crippen LogP) is 2.39. The minimum absolute atomic E-state index is 0.114. The maximum atomic E-state index is 13.0. The summed E-state index contributed by atoms with van der Waals surface area (Å²) in [5.41, 5.74) is 3.60. The number of nitrogens with zero attached hydrogens (tertiary/aromatic N) is 1. The van der Waals surface area contributed by atoms with E-state index < -0.39 is 29.8 Å². The summed E-state index contributed by atoms with van der Waals surface area (Å²) in [6, 6.07) is 6.43. The number of carbonyl (C=O) groups excluding carboxylic acids is 3. The van der Waals surface area contributed by atoms with E-state index >= 15 is 0 Å². The van der Waals surface area contributed by atoms with E-state index in [1.54, 1.807) is 32.2 Å². The van der Waals surface area contributed by atoms with Gasteiger partial charge in [-0.1, -0.05) is 18.2 Å². The summed E-state index contributed by atoms with van der Waals surface area (Å²) in [6.45, 7) is 10.2. The molecule has 2 aromatic rings. The van der Waals surface area contributed by atoms with Gasteiger partial charge in [0.2, 0.25) is 11.8 Å². The molecule has 1 aromatic carbocycles. The number of benzene rings is 1. The molecular weight excluding hydrogens is 482 g/mol. The second-order valence-corrected chi connectivity index (χ2v) is 9.37. The van der Waals surface area contributed by atoms with E-state index in [2.05, 4.69) is 38.9 Å². The van der Waals surface area contributed by atoms with Crippen molar-refractivity contribution >= 4 is 39.3 Å². The van der Waals surface area contributed by atoms with Gasteiger partial charge < -0.3 is 25.4 Å². The zero-order chi connectivity index (χ0) is 26.7. The fraction of sp³-hybridized carbons (Fsp3) is 0.560. The largest absolute Gasteiger partial charge is 0.348 e. The Hall–Kier alpha value is -2.73. The van der Waals surface area contributed by atoms with Gasteiger partial charge >= 0.3 is 6.03 Å². The number of hydrogen-bond acceptors (Lipinski definition) is 7. The highest BCUT2D eigenvalue weighted by Gasteiger charge is 2.40. The summed E-state index contributed by atoms with van der Waals surface area (Å²) in [4.78, 5) is 36.9. The Labute approximate surface area is 217 Å². The van der Waals surface area contributed by atoms with Crippen molar-refractivity contribution in [3.8, 4) is 0 Å². The fourth-order valence-corrected chi connectivity index (χ4v) is 4.86. The van der Waals surface area contributed by atoms with Gasteiger partial charge in [-0.15, -0.1) is 11.3 Å². The van der Waals surface area contributed by atoms with Crippen LogP contribution in [0.5, 0.6) is 0 Å². The Kier molecular flexibility index (Phi) is 11.6. The molecule has 2 rings (SSSR count). The average Bonchev–Trinajstić information content (AvgIpc) is 3.21. The molecule has 0 saturated carbocycles. The van der Waals surface area contributed by atoms with Crippen molar-refractivity contribution in [1.29, 1.82) is 0 Å². The van der Waals surface area contributed by atoms with E-state index in [0.717, 1.165) is 10.9 Å². The zero-order valence-electron chi connectivity index (χ0n) is 22.0.